The Morgan fingerprint density at radius 3 is 2.41 bits per heavy atom. The van der Waals surface area contributed by atoms with E-state index in [1.165, 1.54) is 30.0 Å². The first kappa shape index (κ1) is 26.0. The molecule has 3 heterocycles. The summed E-state index contributed by atoms with van der Waals surface area (Å²) in [5.74, 6) is -5.05. The maximum atomic E-state index is 14.9. The predicted molar refractivity (Wildman–Crippen MR) is 132 cm³/mol. The molecule has 1 aliphatic heterocycles. The van der Waals surface area contributed by atoms with Crippen molar-refractivity contribution in [3.05, 3.63) is 99.3 Å². The second-order valence-corrected chi connectivity index (χ2v) is 9.07. The fraction of sp³-hybridized carbons (Fsp3) is 0.185. The van der Waals surface area contributed by atoms with Gasteiger partial charge in [-0.3, -0.25) is 23.9 Å². The highest BCUT2D eigenvalue weighted by Crippen LogP contribution is 2.26. The van der Waals surface area contributed by atoms with Crippen molar-refractivity contribution in [2.45, 2.75) is 25.5 Å². The lowest BCUT2D eigenvalue weighted by molar-refractivity contribution is -0.117. The molecule has 0 bridgehead atoms. The van der Waals surface area contributed by atoms with Gasteiger partial charge in [-0.25, -0.2) is 22.5 Å². The number of halogens is 4. The summed E-state index contributed by atoms with van der Waals surface area (Å²) < 4.78 is 58.1. The second-order valence-electron chi connectivity index (χ2n) is 9.07. The number of β-amino-alcohol motifs (C(OH)–C–C–N with tert-alkyl or cyclic N) is 1. The maximum absolute atomic E-state index is 14.9. The van der Waals surface area contributed by atoms with Gasteiger partial charge >= 0.3 is 0 Å². The summed E-state index contributed by atoms with van der Waals surface area (Å²) in [5, 5.41) is 12.1. The molecule has 2 atom stereocenters. The lowest BCUT2D eigenvalue weighted by Crippen LogP contribution is -2.33. The Kier molecular flexibility index (Phi) is 6.64. The second kappa shape index (κ2) is 9.95. The first-order valence-corrected chi connectivity index (χ1v) is 11.8. The zero-order valence-corrected chi connectivity index (χ0v) is 20.3. The third-order valence-corrected chi connectivity index (χ3v) is 6.41. The largest absolute Gasteiger partial charge is 0.391 e. The molecule has 39 heavy (non-hydrogen) atoms. The number of rotatable bonds is 5. The van der Waals surface area contributed by atoms with Crippen molar-refractivity contribution in [2.24, 2.45) is 0 Å². The number of aliphatic hydroxyl groups excluding tert-OH is 1. The molecular weight excluding hydrogens is 520 g/mol. The summed E-state index contributed by atoms with van der Waals surface area (Å²) in [5.41, 5.74) is -2.16. The van der Waals surface area contributed by atoms with E-state index in [0.29, 0.717) is 6.07 Å². The summed E-state index contributed by atoms with van der Waals surface area (Å²) in [6.45, 7) is 1.28. The molecule has 0 aliphatic carbocycles. The first-order chi connectivity index (χ1) is 18.5. The molecule has 1 saturated heterocycles. The molecule has 12 heteroatoms. The minimum absolute atomic E-state index is 0.0442. The molecule has 200 valence electrons. The molecule has 8 nitrogen and oxygen atoms in total. The summed E-state index contributed by atoms with van der Waals surface area (Å²) >= 11 is 0. The summed E-state index contributed by atoms with van der Waals surface area (Å²) in [7, 11) is 0. The Morgan fingerprint density at radius 2 is 1.77 bits per heavy atom. The third-order valence-electron chi connectivity index (χ3n) is 6.41. The van der Waals surface area contributed by atoms with Crippen LogP contribution in [-0.2, 0) is 4.79 Å². The highest BCUT2D eigenvalue weighted by molar-refractivity contribution is 5.99. The molecule has 0 saturated carbocycles. The van der Waals surface area contributed by atoms with Gasteiger partial charge in [-0.1, -0.05) is 6.07 Å². The van der Waals surface area contributed by atoms with Crippen molar-refractivity contribution >= 4 is 28.7 Å². The highest BCUT2D eigenvalue weighted by atomic mass is 19.1. The van der Waals surface area contributed by atoms with Crippen LogP contribution in [0.25, 0.3) is 16.7 Å². The van der Waals surface area contributed by atoms with Gasteiger partial charge in [-0.05, 0) is 43.3 Å². The van der Waals surface area contributed by atoms with E-state index in [-0.39, 0.29) is 35.5 Å². The standard InChI is InChI=1S/C27H20F4N4O4/c1-13(24-18(29)3-2-4-19(24)30)32-27(39)17-12-34(21-7-5-14(28)9-20(21)31)26-16(25(17)38)6-8-22(33-26)35-11-15(36)10-23(35)37/h2-9,12-13,15,36H,10-11H2,1H3,(H,32,39). The van der Waals surface area contributed by atoms with E-state index in [0.717, 1.165) is 35.0 Å². The van der Waals surface area contributed by atoms with E-state index >= 15 is 0 Å². The van der Waals surface area contributed by atoms with Gasteiger partial charge in [-0.15, -0.1) is 0 Å². The number of fused-ring (bicyclic) bond motifs is 1. The molecule has 2 aromatic heterocycles. The number of carbonyl (C=O) groups is 2. The fourth-order valence-electron chi connectivity index (χ4n) is 4.55. The van der Waals surface area contributed by atoms with Crippen molar-refractivity contribution < 1.29 is 32.3 Å². The molecule has 0 spiro atoms. The monoisotopic (exact) mass is 540 g/mol. The average Bonchev–Trinajstić information content (AvgIpc) is 3.22. The van der Waals surface area contributed by atoms with Gasteiger partial charge in [0.1, 0.15) is 34.7 Å². The normalized spacial score (nSPS) is 16.1. The Hall–Kier alpha value is -4.58. The number of nitrogens with zero attached hydrogens (tertiary/aromatic N) is 3. The number of benzene rings is 2. The highest BCUT2D eigenvalue weighted by Gasteiger charge is 2.31. The van der Waals surface area contributed by atoms with E-state index in [1.54, 1.807) is 0 Å². The van der Waals surface area contributed by atoms with Crippen molar-refractivity contribution in [3.63, 3.8) is 0 Å². The van der Waals surface area contributed by atoms with E-state index in [1.807, 2.05) is 0 Å². The van der Waals surface area contributed by atoms with Crippen LogP contribution < -0.4 is 15.6 Å². The van der Waals surface area contributed by atoms with Gasteiger partial charge < -0.3 is 10.4 Å². The zero-order chi connectivity index (χ0) is 28.0. The molecule has 2 amide bonds. The number of pyridine rings is 2. The third kappa shape index (κ3) is 4.74. The van der Waals surface area contributed by atoms with Crippen LogP contribution in [-0.4, -0.2) is 39.1 Å². The Morgan fingerprint density at radius 1 is 1.05 bits per heavy atom. The Bertz CT molecular complexity index is 1690. The van der Waals surface area contributed by atoms with E-state index in [2.05, 4.69) is 10.3 Å². The van der Waals surface area contributed by atoms with Crippen LogP contribution in [0.5, 0.6) is 0 Å². The average molecular weight is 540 g/mol. The van der Waals surface area contributed by atoms with Gasteiger partial charge in [-0.2, -0.15) is 0 Å². The smallest absolute Gasteiger partial charge is 0.257 e. The SMILES string of the molecule is CC(NC(=O)c1cn(-c2ccc(F)cc2F)c2nc(N3CC(O)CC3=O)ccc2c1=O)c1c(F)cccc1F. The van der Waals surface area contributed by atoms with Crippen molar-refractivity contribution in [2.75, 3.05) is 11.4 Å². The van der Waals surface area contributed by atoms with Gasteiger partial charge in [0.2, 0.25) is 11.3 Å². The molecule has 0 radical (unpaired) electrons. The van der Waals surface area contributed by atoms with Crippen molar-refractivity contribution in [1.82, 2.24) is 14.9 Å². The van der Waals surface area contributed by atoms with E-state index in [9.17, 15) is 37.1 Å². The fourth-order valence-corrected chi connectivity index (χ4v) is 4.55. The van der Waals surface area contributed by atoms with E-state index < -0.39 is 63.8 Å². The van der Waals surface area contributed by atoms with Crippen LogP contribution in [0, 0.1) is 23.3 Å². The Labute approximate surface area is 218 Å². The van der Waals surface area contributed by atoms with E-state index in [4.69, 9.17) is 0 Å². The van der Waals surface area contributed by atoms with Crippen LogP contribution in [0.4, 0.5) is 23.4 Å². The lowest BCUT2D eigenvalue weighted by Gasteiger charge is -2.19. The van der Waals surface area contributed by atoms with Crippen LogP contribution >= 0.6 is 0 Å². The summed E-state index contributed by atoms with van der Waals surface area (Å²) in [4.78, 5) is 44.4. The lowest BCUT2D eigenvalue weighted by atomic mass is 10.1. The molecule has 1 aliphatic rings. The van der Waals surface area contributed by atoms with Crippen LogP contribution in [0.1, 0.15) is 35.3 Å². The molecule has 2 unspecified atom stereocenters. The van der Waals surface area contributed by atoms with Gasteiger partial charge in [0.05, 0.1) is 36.2 Å². The summed E-state index contributed by atoms with van der Waals surface area (Å²) in [6.07, 6.45) is -0.0592. The number of carbonyl (C=O) groups excluding carboxylic acids is 2. The zero-order valence-electron chi connectivity index (χ0n) is 20.3. The molecule has 4 aromatic rings. The topological polar surface area (TPSA) is 105 Å². The number of hydrogen-bond acceptors (Lipinski definition) is 5. The molecule has 2 N–H and O–H groups in total. The quantitative estimate of drug-likeness (QED) is 0.377. The van der Waals surface area contributed by atoms with Crippen LogP contribution in [0.15, 0.2) is 59.5 Å². The molecule has 2 aromatic carbocycles. The Balaban J connectivity index is 1.65. The number of hydrogen-bond donors (Lipinski definition) is 2. The van der Waals surface area contributed by atoms with Crippen molar-refractivity contribution in [1.29, 1.82) is 0 Å². The minimum Gasteiger partial charge on any atom is -0.391 e. The molecule has 5 rings (SSSR count). The summed E-state index contributed by atoms with van der Waals surface area (Å²) in [6, 6.07) is 7.30. The van der Waals surface area contributed by atoms with Gasteiger partial charge in [0.25, 0.3) is 5.91 Å². The maximum Gasteiger partial charge on any atom is 0.257 e. The molecular formula is C27H20F4N4O4. The number of nitrogens with one attached hydrogen (secondary N) is 1. The van der Waals surface area contributed by atoms with Gasteiger partial charge in [0, 0.05) is 17.8 Å². The van der Waals surface area contributed by atoms with Crippen molar-refractivity contribution in [3.8, 4) is 5.69 Å². The minimum atomic E-state index is -1.18. The predicted octanol–water partition coefficient (Wildman–Crippen LogP) is 3.53. The van der Waals surface area contributed by atoms with Crippen LogP contribution in [0.3, 0.4) is 0 Å². The first-order valence-electron chi connectivity index (χ1n) is 11.8. The van der Waals surface area contributed by atoms with Crippen LogP contribution in [0.2, 0.25) is 0 Å². The number of aromatic nitrogens is 2. The van der Waals surface area contributed by atoms with Gasteiger partial charge in [0.15, 0.2) is 5.65 Å². The number of amides is 2. The number of aliphatic hydroxyl groups is 1. The number of anilines is 1. The molecule has 1 fully saturated rings.